The van der Waals surface area contributed by atoms with E-state index in [1.165, 1.54) is 29.2 Å². The molecule has 1 unspecified atom stereocenters. The van der Waals surface area contributed by atoms with Crippen LogP contribution in [-0.4, -0.2) is 28.3 Å². The second-order valence-corrected chi connectivity index (χ2v) is 7.69. The van der Waals surface area contributed by atoms with Crippen LogP contribution in [0.4, 0.5) is 11.4 Å². The highest BCUT2D eigenvalue weighted by Crippen LogP contribution is 2.44. The maximum atomic E-state index is 13.3. The highest BCUT2D eigenvalue weighted by atomic mass is 16.6. The van der Waals surface area contributed by atoms with Gasteiger partial charge in [-0.15, -0.1) is 0 Å². The molecule has 176 valence electrons. The van der Waals surface area contributed by atoms with Crippen molar-refractivity contribution in [3.63, 3.8) is 0 Å². The number of benzene rings is 3. The highest BCUT2D eigenvalue weighted by Gasteiger charge is 2.46. The van der Waals surface area contributed by atoms with Gasteiger partial charge in [0.2, 0.25) is 0 Å². The molecule has 8 heteroatoms. The first kappa shape index (κ1) is 23.4. The summed E-state index contributed by atoms with van der Waals surface area (Å²) in [6.45, 7) is 2.29. The molecule has 0 aliphatic carbocycles. The van der Waals surface area contributed by atoms with Gasteiger partial charge in [-0.1, -0.05) is 48.5 Å². The Hall–Kier alpha value is -4.72. The summed E-state index contributed by atoms with van der Waals surface area (Å²) in [6, 6.07) is 20.2. The van der Waals surface area contributed by atoms with Crippen LogP contribution in [0.5, 0.6) is 5.75 Å². The third-order valence-electron chi connectivity index (χ3n) is 5.55. The number of amides is 1. The lowest BCUT2D eigenvalue weighted by Gasteiger charge is -2.26. The Balaban J connectivity index is 1.82. The second-order valence-electron chi connectivity index (χ2n) is 7.69. The van der Waals surface area contributed by atoms with Crippen LogP contribution in [0.2, 0.25) is 0 Å². The van der Waals surface area contributed by atoms with E-state index in [4.69, 9.17) is 4.74 Å². The number of carbonyl (C=O) groups excluding carboxylic acids is 2. The van der Waals surface area contributed by atoms with Crippen LogP contribution in [0.25, 0.3) is 6.08 Å². The molecule has 0 fully saturated rings. The van der Waals surface area contributed by atoms with Gasteiger partial charge < -0.3 is 9.84 Å². The van der Waals surface area contributed by atoms with Gasteiger partial charge in [0.05, 0.1) is 22.7 Å². The van der Waals surface area contributed by atoms with Crippen molar-refractivity contribution in [2.75, 3.05) is 11.5 Å². The van der Waals surface area contributed by atoms with Gasteiger partial charge in [0.25, 0.3) is 11.6 Å². The zero-order valence-electron chi connectivity index (χ0n) is 18.8. The van der Waals surface area contributed by atoms with Gasteiger partial charge in [0, 0.05) is 11.8 Å². The van der Waals surface area contributed by atoms with Crippen molar-refractivity contribution in [3.05, 3.63) is 118 Å². The average Bonchev–Trinajstić information content (AvgIpc) is 3.14. The number of ketones is 1. The fraction of sp³-hybridized carbons (Fsp3) is 0.111. The lowest BCUT2D eigenvalue weighted by Crippen LogP contribution is -2.31. The normalized spacial score (nSPS) is 15.6. The molecule has 1 amide bonds. The number of carbonyl (C=O) groups is 2. The van der Waals surface area contributed by atoms with Gasteiger partial charge in [-0.2, -0.15) is 0 Å². The summed E-state index contributed by atoms with van der Waals surface area (Å²) in [6.07, 6.45) is 2.81. The lowest BCUT2D eigenvalue weighted by molar-refractivity contribution is -0.385. The van der Waals surface area contributed by atoms with Crippen molar-refractivity contribution in [1.82, 2.24) is 0 Å². The van der Waals surface area contributed by atoms with Crippen molar-refractivity contribution in [2.45, 2.75) is 13.0 Å². The maximum absolute atomic E-state index is 13.3. The van der Waals surface area contributed by atoms with E-state index in [1.807, 2.05) is 25.1 Å². The monoisotopic (exact) mass is 470 g/mol. The molecule has 1 atom stereocenters. The van der Waals surface area contributed by atoms with E-state index in [0.717, 1.165) is 5.56 Å². The van der Waals surface area contributed by atoms with E-state index < -0.39 is 28.4 Å². The number of para-hydroxylation sites is 1. The number of nitrogens with zero attached hydrogens (tertiary/aromatic N) is 2. The van der Waals surface area contributed by atoms with Crippen molar-refractivity contribution in [3.8, 4) is 5.75 Å². The zero-order valence-corrected chi connectivity index (χ0v) is 18.8. The predicted octanol–water partition coefficient (Wildman–Crippen LogP) is 5.18. The highest BCUT2D eigenvalue weighted by molar-refractivity contribution is 6.20. The van der Waals surface area contributed by atoms with Crippen LogP contribution in [0.15, 0.2) is 96.3 Å². The first-order chi connectivity index (χ1) is 16.9. The SMILES string of the molecule is CCOc1ccc(N2C(=O)C(O)=C(C(=O)C=Cc3ccccc3)C2c2ccccc2[N+](=O)[O-])cc1. The topological polar surface area (TPSA) is 110 Å². The molecule has 35 heavy (non-hydrogen) atoms. The van der Waals surface area contributed by atoms with Crippen LogP contribution in [-0.2, 0) is 9.59 Å². The minimum atomic E-state index is -1.20. The molecule has 0 saturated carbocycles. The van der Waals surface area contributed by atoms with E-state index >= 15 is 0 Å². The predicted molar refractivity (Wildman–Crippen MR) is 131 cm³/mol. The first-order valence-corrected chi connectivity index (χ1v) is 10.9. The number of allylic oxidation sites excluding steroid dienone is 1. The van der Waals surface area contributed by atoms with Crippen LogP contribution in [0.1, 0.15) is 24.1 Å². The molecular weight excluding hydrogens is 448 g/mol. The molecule has 0 aromatic heterocycles. The number of hydrogen-bond donors (Lipinski definition) is 1. The van der Waals surface area contributed by atoms with Gasteiger partial charge >= 0.3 is 0 Å². The summed E-state index contributed by atoms with van der Waals surface area (Å²) in [5, 5.41) is 22.6. The van der Waals surface area contributed by atoms with E-state index in [0.29, 0.717) is 18.0 Å². The summed E-state index contributed by atoms with van der Waals surface area (Å²) in [5.74, 6) is -1.63. The van der Waals surface area contributed by atoms with Crippen LogP contribution in [0, 0.1) is 10.1 Å². The summed E-state index contributed by atoms with van der Waals surface area (Å²) in [4.78, 5) is 38.9. The minimum absolute atomic E-state index is 0.111. The standard InChI is InChI=1S/C27H22N2O6/c1-2-35-20-15-13-19(14-16-20)28-25(21-10-6-7-11-22(21)29(33)34)24(26(31)27(28)32)23(30)17-12-18-8-4-3-5-9-18/h3-17,25,31H,2H2,1H3. The minimum Gasteiger partial charge on any atom is -0.503 e. The number of hydrogen-bond acceptors (Lipinski definition) is 6. The first-order valence-electron chi connectivity index (χ1n) is 10.9. The Kier molecular flexibility index (Phi) is 6.73. The molecule has 4 rings (SSSR count). The molecular formula is C27H22N2O6. The summed E-state index contributed by atoms with van der Waals surface area (Å²) in [7, 11) is 0. The quantitative estimate of drug-likeness (QED) is 0.276. The average molecular weight is 470 g/mol. The Morgan fingerprint density at radius 3 is 2.37 bits per heavy atom. The van der Waals surface area contributed by atoms with Gasteiger partial charge in [-0.05, 0) is 48.9 Å². The van der Waals surface area contributed by atoms with Gasteiger partial charge in [0.15, 0.2) is 11.5 Å². The third-order valence-corrected chi connectivity index (χ3v) is 5.55. The summed E-state index contributed by atoms with van der Waals surface area (Å²) in [5.41, 5.74) is 0.706. The van der Waals surface area contributed by atoms with Crippen LogP contribution >= 0.6 is 0 Å². The maximum Gasteiger partial charge on any atom is 0.294 e. The Bertz CT molecular complexity index is 1330. The molecule has 1 heterocycles. The fourth-order valence-electron chi connectivity index (χ4n) is 4.00. The molecule has 1 N–H and O–H groups in total. The van der Waals surface area contributed by atoms with Crippen molar-refractivity contribution < 1.29 is 24.4 Å². The lowest BCUT2D eigenvalue weighted by atomic mass is 9.94. The van der Waals surface area contributed by atoms with E-state index in [9.17, 15) is 24.8 Å². The number of anilines is 1. The second kappa shape index (κ2) is 10.0. The number of rotatable bonds is 8. The number of ether oxygens (including phenoxy) is 1. The number of nitro benzene ring substituents is 1. The Labute approximate surface area is 201 Å². The molecule has 8 nitrogen and oxygen atoms in total. The van der Waals surface area contributed by atoms with Crippen LogP contribution in [0.3, 0.4) is 0 Å². The third kappa shape index (κ3) is 4.67. The number of aliphatic hydroxyl groups is 1. The van der Waals surface area contributed by atoms with Gasteiger partial charge in [0.1, 0.15) is 11.8 Å². The van der Waals surface area contributed by atoms with E-state index in [1.54, 1.807) is 48.5 Å². The molecule has 0 bridgehead atoms. The molecule has 0 spiro atoms. The summed E-state index contributed by atoms with van der Waals surface area (Å²) < 4.78 is 5.45. The molecule has 1 aliphatic heterocycles. The van der Waals surface area contributed by atoms with Crippen LogP contribution < -0.4 is 9.64 Å². The molecule has 1 aliphatic rings. The zero-order chi connectivity index (χ0) is 24.9. The smallest absolute Gasteiger partial charge is 0.294 e. The van der Waals surface area contributed by atoms with Gasteiger partial charge in [-0.3, -0.25) is 24.6 Å². The molecule has 3 aromatic carbocycles. The molecule has 3 aromatic rings. The largest absolute Gasteiger partial charge is 0.503 e. The summed E-state index contributed by atoms with van der Waals surface area (Å²) >= 11 is 0. The molecule has 0 saturated heterocycles. The number of aliphatic hydroxyl groups excluding tert-OH is 1. The number of nitro groups is 1. The fourth-order valence-corrected chi connectivity index (χ4v) is 4.00. The van der Waals surface area contributed by atoms with Crippen molar-refractivity contribution in [2.24, 2.45) is 0 Å². The van der Waals surface area contributed by atoms with E-state index in [-0.39, 0.29) is 16.8 Å². The van der Waals surface area contributed by atoms with E-state index in [2.05, 4.69) is 0 Å². The van der Waals surface area contributed by atoms with Crippen molar-refractivity contribution >= 4 is 29.1 Å². The Morgan fingerprint density at radius 2 is 1.71 bits per heavy atom. The molecule has 0 radical (unpaired) electrons. The van der Waals surface area contributed by atoms with Crippen molar-refractivity contribution in [1.29, 1.82) is 0 Å². The van der Waals surface area contributed by atoms with Gasteiger partial charge in [-0.25, -0.2) is 0 Å². The Morgan fingerprint density at radius 1 is 1.06 bits per heavy atom.